The Kier molecular flexibility index (Phi) is 7.15. The lowest BCUT2D eigenvalue weighted by Gasteiger charge is -2.14. The zero-order chi connectivity index (χ0) is 25.0. The number of carbonyl (C=O) groups is 2. The molecule has 0 saturated heterocycles. The molecule has 34 heavy (non-hydrogen) atoms. The highest BCUT2D eigenvalue weighted by Crippen LogP contribution is 2.29. The number of benzene rings is 2. The van der Waals surface area contributed by atoms with Gasteiger partial charge in [0.25, 0.3) is 22.4 Å². The topological polar surface area (TPSA) is 117 Å². The van der Waals surface area contributed by atoms with Crippen LogP contribution in [0.1, 0.15) is 29.3 Å². The van der Waals surface area contributed by atoms with Crippen molar-refractivity contribution in [1.29, 1.82) is 0 Å². The molecule has 0 spiro atoms. The number of hydrogen-bond acceptors (Lipinski definition) is 5. The first-order valence-corrected chi connectivity index (χ1v) is 10.9. The zero-order valence-electron chi connectivity index (χ0n) is 17.3. The Balaban J connectivity index is 1.85. The van der Waals surface area contributed by atoms with Gasteiger partial charge >= 0.3 is 0 Å². The smallest absolute Gasteiger partial charge is 0.263 e. The van der Waals surface area contributed by atoms with E-state index in [-0.39, 0.29) is 11.4 Å². The molecule has 0 atom stereocenters. The van der Waals surface area contributed by atoms with Crippen molar-refractivity contribution >= 4 is 39.0 Å². The van der Waals surface area contributed by atoms with Crippen molar-refractivity contribution in [1.82, 2.24) is 4.98 Å². The average Bonchev–Trinajstić information content (AvgIpc) is 2.78. The molecule has 178 valence electrons. The molecule has 0 bridgehead atoms. The van der Waals surface area contributed by atoms with Gasteiger partial charge in [-0.25, -0.2) is 31.0 Å². The van der Waals surface area contributed by atoms with E-state index in [2.05, 4.69) is 10.3 Å². The van der Waals surface area contributed by atoms with Crippen LogP contribution in [0.3, 0.4) is 0 Å². The van der Waals surface area contributed by atoms with E-state index >= 15 is 0 Å². The van der Waals surface area contributed by atoms with E-state index in [1.165, 1.54) is 19.1 Å². The molecule has 0 aliphatic heterocycles. The third-order valence-electron chi connectivity index (χ3n) is 4.32. The largest absolute Gasteiger partial charge is 0.317 e. The molecule has 0 aliphatic rings. The number of anilines is 3. The Morgan fingerprint density at radius 2 is 1.74 bits per heavy atom. The Morgan fingerprint density at radius 1 is 1.00 bits per heavy atom. The fraction of sp³-hybridized carbons (Fsp3) is 0.0952. The second-order valence-corrected chi connectivity index (χ2v) is 8.51. The molecule has 0 unspecified atom stereocenters. The third-order valence-corrected chi connectivity index (χ3v) is 5.69. The number of rotatable bonds is 7. The van der Waals surface area contributed by atoms with E-state index in [0.29, 0.717) is 6.07 Å². The van der Waals surface area contributed by atoms with Crippen LogP contribution in [0.4, 0.5) is 34.8 Å². The summed E-state index contributed by atoms with van der Waals surface area (Å²) >= 11 is 0. The highest BCUT2D eigenvalue weighted by atomic mass is 32.2. The maximum atomic E-state index is 14.9. The minimum atomic E-state index is -4.52. The van der Waals surface area contributed by atoms with Crippen molar-refractivity contribution in [3.8, 4) is 0 Å². The molecule has 2 amide bonds. The summed E-state index contributed by atoms with van der Waals surface area (Å²) in [6.07, 6.45) is -1.87. The Labute approximate surface area is 191 Å². The minimum Gasteiger partial charge on any atom is -0.317 e. The highest BCUT2D eigenvalue weighted by Gasteiger charge is 2.22. The Hall–Kier alpha value is -4.00. The molecule has 0 radical (unpaired) electrons. The van der Waals surface area contributed by atoms with Gasteiger partial charge in [-0.05, 0) is 36.4 Å². The van der Waals surface area contributed by atoms with Crippen LogP contribution in [0.5, 0.6) is 0 Å². The number of carbonyl (C=O) groups excluding carboxylic acids is 2. The summed E-state index contributed by atoms with van der Waals surface area (Å²) in [6.45, 7) is 1.25. The monoisotopic (exact) mass is 496 g/mol. The quantitative estimate of drug-likeness (QED) is 0.422. The van der Waals surface area contributed by atoms with Crippen molar-refractivity contribution < 1.29 is 35.6 Å². The standard InChI is InChI=1S/C21H16F4N4O4S/c1-11(30)27-17-8-5-13(10-26-17)21(31)28-19-15(22)6-7-16(18(19)23)29-34(32,33)14-4-2-3-12(9-14)20(24)25/h2-10,20,29H,1H3,(H,28,31)(H,26,27,30). The maximum Gasteiger partial charge on any atom is 0.263 e. The van der Waals surface area contributed by atoms with Gasteiger partial charge in [0.15, 0.2) is 5.82 Å². The number of nitrogens with zero attached hydrogens (tertiary/aromatic N) is 1. The molecule has 2 aromatic carbocycles. The van der Waals surface area contributed by atoms with Crippen molar-refractivity contribution in [3.63, 3.8) is 0 Å². The zero-order valence-corrected chi connectivity index (χ0v) is 18.1. The first kappa shape index (κ1) is 24.6. The van der Waals surface area contributed by atoms with Crippen LogP contribution in [0.2, 0.25) is 0 Å². The summed E-state index contributed by atoms with van der Waals surface area (Å²) in [6, 6.07) is 7.88. The van der Waals surface area contributed by atoms with Crippen molar-refractivity contribution in [3.05, 3.63) is 77.5 Å². The van der Waals surface area contributed by atoms with Crippen molar-refractivity contribution in [2.75, 3.05) is 15.4 Å². The second-order valence-electron chi connectivity index (χ2n) is 6.83. The molecule has 1 aromatic heterocycles. The molecule has 0 saturated carbocycles. The van der Waals surface area contributed by atoms with E-state index in [4.69, 9.17) is 0 Å². The molecule has 3 rings (SSSR count). The number of hydrogen-bond donors (Lipinski definition) is 3. The lowest BCUT2D eigenvalue weighted by Crippen LogP contribution is -2.18. The summed E-state index contributed by atoms with van der Waals surface area (Å²) < 4.78 is 81.8. The van der Waals surface area contributed by atoms with Crippen LogP contribution < -0.4 is 15.4 Å². The molecule has 13 heteroatoms. The molecular weight excluding hydrogens is 480 g/mol. The number of nitrogens with one attached hydrogen (secondary N) is 3. The van der Waals surface area contributed by atoms with Gasteiger partial charge in [-0.3, -0.25) is 14.3 Å². The summed E-state index contributed by atoms with van der Waals surface area (Å²) in [5.41, 5.74) is -2.34. The summed E-state index contributed by atoms with van der Waals surface area (Å²) in [4.78, 5) is 26.7. The minimum absolute atomic E-state index is 0.109. The number of halogens is 4. The van der Waals surface area contributed by atoms with Crippen LogP contribution in [-0.4, -0.2) is 25.2 Å². The molecular formula is C21H16F4N4O4S. The molecule has 0 fully saturated rings. The van der Waals surface area contributed by atoms with Crippen LogP contribution in [0.15, 0.2) is 59.6 Å². The number of pyridine rings is 1. The van der Waals surface area contributed by atoms with Gasteiger partial charge < -0.3 is 10.6 Å². The fourth-order valence-electron chi connectivity index (χ4n) is 2.74. The van der Waals surface area contributed by atoms with Gasteiger partial charge in [-0.15, -0.1) is 0 Å². The number of alkyl halides is 2. The van der Waals surface area contributed by atoms with E-state index in [1.54, 1.807) is 0 Å². The lowest BCUT2D eigenvalue weighted by atomic mass is 10.2. The first-order valence-electron chi connectivity index (χ1n) is 9.42. The predicted octanol–water partition coefficient (Wildman–Crippen LogP) is 4.31. The van der Waals surface area contributed by atoms with Gasteiger partial charge in [0.05, 0.1) is 16.1 Å². The highest BCUT2D eigenvalue weighted by molar-refractivity contribution is 7.92. The summed E-state index contributed by atoms with van der Waals surface area (Å²) in [5.74, 6) is -3.85. The number of aromatic nitrogens is 1. The predicted molar refractivity (Wildman–Crippen MR) is 115 cm³/mol. The number of amides is 2. The van der Waals surface area contributed by atoms with Gasteiger partial charge in [-0.2, -0.15) is 0 Å². The second kappa shape index (κ2) is 9.87. The normalized spacial score (nSPS) is 11.2. The third kappa shape index (κ3) is 5.67. The van der Waals surface area contributed by atoms with Gasteiger partial charge in [0, 0.05) is 18.7 Å². The summed E-state index contributed by atoms with van der Waals surface area (Å²) in [7, 11) is -4.52. The Bertz CT molecular complexity index is 1350. The van der Waals surface area contributed by atoms with Gasteiger partial charge in [0.2, 0.25) is 5.91 Å². The van der Waals surface area contributed by atoms with E-state index in [0.717, 1.165) is 36.5 Å². The lowest BCUT2D eigenvalue weighted by molar-refractivity contribution is -0.114. The van der Waals surface area contributed by atoms with E-state index in [9.17, 15) is 35.6 Å². The average molecular weight is 496 g/mol. The Morgan fingerprint density at radius 3 is 2.35 bits per heavy atom. The van der Waals surface area contributed by atoms with E-state index in [1.807, 2.05) is 10.0 Å². The SMILES string of the molecule is CC(=O)Nc1ccc(C(=O)Nc2c(F)ccc(NS(=O)(=O)c3cccc(C(F)F)c3)c2F)cn1. The van der Waals surface area contributed by atoms with Crippen molar-refractivity contribution in [2.24, 2.45) is 0 Å². The van der Waals surface area contributed by atoms with Crippen LogP contribution in [0.25, 0.3) is 0 Å². The van der Waals surface area contributed by atoms with Gasteiger partial charge in [0.1, 0.15) is 17.3 Å². The molecule has 3 aromatic rings. The maximum absolute atomic E-state index is 14.9. The molecule has 3 N–H and O–H groups in total. The van der Waals surface area contributed by atoms with Crippen molar-refractivity contribution in [2.45, 2.75) is 18.2 Å². The molecule has 8 nitrogen and oxygen atoms in total. The van der Waals surface area contributed by atoms with Gasteiger partial charge in [-0.1, -0.05) is 12.1 Å². The fourth-order valence-corrected chi connectivity index (χ4v) is 3.85. The van der Waals surface area contributed by atoms with Crippen LogP contribution in [-0.2, 0) is 14.8 Å². The van der Waals surface area contributed by atoms with E-state index < -0.39 is 61.7 Å². The molecule has 1 heterocycles. The van der Waals surface area contributed by atoms with Crippen LogP contribution in [0, 0.1) is 11.6 Å². The van der Waals surface area contributed by atoms with Crippen LogP contribution >= 0.6 is 0 Å². The molecule has 0 aliphatic carbocycles. The number of sulfonamides is 1. The summed E-state index contributed by atoms with van der Waals surface area (Å²) in [5, 5.41) is 4.38. The first-order chi connectivity index (χ1) is 16.0.